The van der Waals surface area contributed by atoms with Crippen LogP contribution in [0.25, 0.3) is 0 Å². The molecule has 0 aliphatic rings. The van der Waals surface area contributed by atoms with E-state index in [2.05, 4.69) is 12.6 Å². The standard InChI is InChI=1S/C8H13N3OS/c9-1-3-11(4-2-10)5-6-12-7-8-13/h13H,3-8H2. The molecule has 0 fully saturated rings. The third-order valence-corrected chi connectivity index (χ3v) is 1.56. The van der Waals surface area contributed by atoms with Crippen molar-refractivity contribution < 1.29 is 4.74 Å². The van der Waals surface area contributed by atoms with Crippen LogP contribution in [-0.2, 0) is 4.74 Å². The van der Waals surface area contributed by atoms with Crippen molar-refractivity contribution in [2.45, 2.75) is 0 Å². The normalized spacial score (nSPS) is 9.54. The van der Waals surface area contributed by atoms with Crippen molar-refractivity contribution in [2.24, 2.45) is 0 Å². The van der Waals surface area contributed by atoms with Gasteiger partial charge in [-0.2, -0.15) is 23.2 Å². The molecule has 0 aromatic carbocycles. The molecule has 0 aromatic rings. The summed E-state index contributed by atoms with van der Waals surface area (Å²) in [6.45, 7) is 2.32. The summed E-state index contributed by atoms with van der Waals surface area (Å²) in [5.74, 6) is 0.691. The summed E-state index contributed by atoms with van der Waals surface area (Å²) in [6, 6.07) is 4.00. The molecule has 13 heavy (non-hydrogen) atoms. The lowest BCUT2D eigenvalue weighted by Crippen LogP contribution is -2.28. The van der Waals surface area contributed by atoms with Gasteiger partial charge in [0.25, 0.3) is 0 Å². The predicted octanol–water partition coefficient (Wildman–Crippen LogP) is 0.282. The molecule has 0 amide bonds. The lowest BCUT2D eigenvalue weighted by molar-refractivity contribution is 0.124. The summed E-state index contributed by atoms with van der Waals surface area (Å²) < 4.78 is 5.17. The Balaban J connectivity index is 3.47. The minimum atomic E-state index is 0.276. The molecule has 72 valence electrons. The molecule has 0 spiro atoms. The highest BCUT2D eigenvalue weighted by molar-refractivity contribution is 7.80. The second kappa shape index (κ2) is 9.34. The van der Waals surface area contributed by atoms with E-state index in [0.29, 0.717) is 25.5 Å². The first-order valence-corrected chi connectivity index (χ1v) is 4.63. The molecular formula is C8H13N3OS. The molecule has 0 saturated carbocycles. The summed E-state index contributed by atoms with van der Waals surface area (Å²) in [5.41, 5.74) is 0. The van der Waals surface area contributed by atoms with Crippen LogP contribution in [0.3, 0.4) is 0 Å². The van der Waals surface area contributed by atoms with Crippen LogP contribution >= 0.6 is 12.6 Å². The summed E-state index contributed by atoms with van der Waals surface area (Å²) in [6.07, 6.45) is 0. The van der Waals surface area contributed by atoms with Gasteiger partial charge in [0.2, 0.25) is 0 Å². The van der Waals surface area contributed by atoms with E-state index in [4.69, 9.17) is 15.3 Å². The molecule has 0 bridgehead atoms. The Hall–Kier alpha value is -0.750. The first-order valence-electron chi connectivity index (χ1n) is 4.00. The van der Waals surface area contributed by atoms with Crippen molar-refractivity contribution in [3.8, 4) is 12.1 Å². The molecule has 0 rings (SSSR count). The summed E-state index contributed by atoms with van der Waals surface area (Å²) in [5, 5.41) is 16.8. The molecular weight excluding hydrogens is 186 g/mol. The van der Waals surface area contributed by atoms with E-state index >= 15 is 0 Å². The number of rotatable bonds is 7. The Kier molecular flexibility index (Phi) is 8.80. The van der Waals surface area contributed by atoms with E-state index in [1.807, 2.05) is 12.1 Å². The van der Waals surface area contributed by atoms with Gasteiger partial charge >= 0.3 is 0 Å². The third-order valence-electron chi connectivity index (χ3n) is 1.38. The Morgan fingerprint density at radius 2 is 1.77 bits per heavy atom. The molecule has 0 aliphatic carbocycles. The van der Waals surface area contributed by atoms with Crippen LogP contribution in [0, 0.1) is 22.7 Å². The van der Waals surface area contributed by atoms with Gasteiger partial charge in [-0.3, -0.25) is 4.90 Å². The minimum Gasteiger partial charge on any atom is -0.379 e. The molecule has 4 nitrogen and oxygen atoms in total. The van der Waals surface area contributed by atoms with E-state index < -0.39 is 0 Å². The molecule has 0 N–H and O–H groups in total. The van der Waals surface area contributed by atoms with Crippen molar-refractivity contribution in [3.63, 3.8) is 0 Å². The fraction of sp³-hybridized carbons (Fsp3) is 0.750. The summed E-state index contributed by atoms with van der Waals surface area (Å²) in [7, 11) is 0. The average molecular weight is 199 g/mol. The maximum atomic E-state index is 8.41. The van der Waals surface area contributed by atoms with Gasteiger partial charge in [-0.05, 0) is 0 Å². The van der Waals surface area contributed by atoms with Gasteiger partial charge in [0.1, 0.15) is 0 Å². The maximum Gasteiger partial charge on any atom is 0.0875 e. The van der Waals surface area contributed by atoms with E-state index in [1.165, 1.54) is 0 Å². The topological polar surface area (TPSA) is 60.0 Å². The zero-order valence-electron chi connectivity index (χ0n) is 7.44. The summed E-state index contributed by atoms with van der Waals surface area (Å²) >= 11 is 3.98. The number of nitriles is 2. The van der Waals surface area contributed by atoms with Gasteiger partial charge in [0.15, 0.2) is 0 Å². The number of nitrogens with zero attached hydrogens (tertiary/aromatic N) is 3. The van der Waals surface area contributed by atoms with Crippen molar-refractivity contribution in [2.75, 3.05) is 38.6 Å². The third kappa shape index (κ3) is 7.61. The van der Waals surface area contributed by atoms with Gasteiger partial charge in [-0.1, -0.05) is 0 Å². The van der Waals surface area contributed by atoms with Crippen LogP contribution < -0.4 is 0 Å². The Bertz CT molecular complexity index is 181. The fourth-order valence-electron chi connectivity index (χ4n) is 0.774. The van der Waals surface area contributed by atoms with Crippen molar-refractivity contribution in [1.29, 1.82) is 10.5 Å². The van der Waals surface area contributed by atoms with Crippen molar-refractivity contribution in [1.82, 2.24) is 4.90 Å². The number of ether oxygens (including phenoxy) is 1. The Labute approximate surface area is 84.1 Å². The Morgan fingerprint density at radius 3 is 2.23 bits per heavy atom. The van der Waals surface area contributed by atoms with E-state index in [1.54, 1.807) is 4.90 Å². The molecule has 0 aliphatic heterocycles. The zero-order chi connectivity index (χ0) is 9.94. The van der Waals surface area contributed by atoms with Crippen LogP contribution in [0.2, 0.25) is 0 Å². The van der Waals surface area contributed by atoms with Gasteiger partial charge in [0, 0.05) is 12.3 Å². The van der Waals surface area contributed by atoms with E-state index in [9.17, 15) is 0 Å². The summed E-state index contributed by atoms with van der Waals surface area (Å²) in [4.78, 5) is 1.73. The van der Waals surface area contributed by atoms with Crippen molar-refractivity contribution >= 4 is 12.6 Å². The fourth-order valence-corrected chi connectivity index (χ4v) is 0.903. The molecule has 0 saturated heterocycles. The first-order chi connectivity index (χ1) is 6.35. The second-order valence-corrected chi connectivity index (χ2v) is 2.81. The second-order valence-electron chi connectivity index (χ2n) is 2.36. The zero-order valence-corrected chi connectivity index (χ0v) is 8.33. The van der Waals surface area contributed by atoms with Gasteiger partial charge in [-0.15, -0.1) is 0 Å². The molecule has 0 heterocycles. The molecule has 0 aromatic heterocycles. The molecule has 0 unspecified atom stereocenters. The molecule has 0 radical (unpaired) electrons. The lowest BCUT2D eigenvalue weighted by atomic mass is 10.5. The number of hydrogen-bond acceptors (Lipinski definition) is 5. The van der Waals surface area contributed by atoms with Crippen LogP contribution in [0.5, 0.6) is 0 Å². The maximum absolute atomic E-state index is 8.41. The highest BCUT2D eigenvalue weighted by Crippen LogP contribution is 1.87. The molecule has 5 heteroatoms. The van der Waals surface area contributed by atoms with Crippen molar-refractivity contribution in [3.05, 3.63) is 0 Å². The quantitative estimate of drug-likeness (QED) is 0.363. The SMILES string of the molecule is N#CCN(CC#N)CCOCCS. The first kappa shape index (κ1) is 12.2. The number of thiol groups is 1. The highest BCUT2D eigenvalue weighted by atomic mass is 32.1. The largest absolute Gasteiger partial charge is 0.379 e. The van der Waals surface area contributed by atoms with Crippen LogP contribution in [0.4, 0.5) is 0 Å². The monoisotopic (exact) mass is 199 g/mol. The lowest BCUT2D eigenvalue weighted by Gasteiger charge is -2.14. The predicted molar refractivity (Wildman–Crippen MR) is 52.3 cm³/mol. The smallest absolute Gasteiger partial charge is 0.0875 e. The highest BCUT2D eigenvalue weighted by Gasteiger charge is 2.01. The van der Waals surface area contributed by atoms with E-state index in [0.717, 1.165) is 0 Å². The Morgan fingerprint density at radius 1 is 1.15 bits per heavy atom. The van der Waals surface area contributed by atoms with Crippen LogP contribution in [-0.4, -0.2) is 43.5 Å². The molecule has 0 atom stereocenters. The van der Waals surface area contributed by atoms with Crippen LogP contribution in [0.1, 0.15) is 0 Å². The number of hydrogen-bond donors (Lipinski definition) is 1. The van der Waals surface area contributed by atoms with Gasteiger partial charge in [0.05, 0.1) is 38.4 Å². The van der Waals surface area contributed by atoms with E-state index in [-0.39, 0.29) is 13.1 Å². The average Bonchev–Trinajstić information content (AvgIpc) is 2.13. The minimum absolute atomic E-state index is 0.276. The van der Waals surface area contributed by atoms with Gasteiger partial charge in [-0.25, -0.2) is 0 Å². The van der Waals surface area contributed by atoms with Gasteiger partial charge < -0.3 is 4.74 Å². The van der Waals surface area contributed by atoms with Crippen LogP contribution in [0.15, 0.2) is 0 Å².